The molecule has 0 atom stereocenters. The zero-order valence-corrected chi connectivity index (χ0v) is 13.1. The zero-order valence-electron chi connectivity index (χ0n) is 12.2. The number of phenols is 1. The van der Waals surface area contributed by atoms with Crippen molar-refractivity contribution in [2.75, 3.05) is 26.1 Å². The molecular formula is C16H19N2O2P. The number of hydrogen-bond acceptors (Lipinski definition) is 4. The molecule has 110 valence electrons. The lowest BCUT2D eigenvalue weighted by Gasteiger charge is -2.03. The molecule has 0 fully saturated rings. The molecule has 0 amide bonds. The summed E-state index contributed by atoms with van der Waals surface area (Å²) in [6.07, 6.45) is 4.43. The number of aromatic hydroxyl groups is 1. The molecule has 3 rings (SSSR count). The Morgan fingerprint density at radius 1 is 1.05 bits per heavy atom. The molecule has 2 N–H and O–H groups in total. The Hall–Kier alpha value is -1.77. The predicted molar refractivity (Wildman–Crippen MR) is 89.4 cm³/mol. The first-order valence-electron chi connectivity index (χ1n) is 6.70. The second-order valence-corrected chi connectivity index (χ2v) is 7.50. The number of pyridine rings is 2. The summed E-state index contributed by atoms with van der Waals surface area (Å²) in [5.41, 5.74) is 1.57. The smallest absolute Gasteiger partial charge is 0.125 e. The molecule has 3 aromatic rings. The van der Waals surface area contributed by atoms with Crippen molar-refractivity contribution < 1.29 is 10.2 Å². The van der Waals surface area contributed by atoms with Crippen LogP contribution in [-0.2, 0) is 0 Å². The fourth-order valence-electron chi connectivity index (χ4n) is 1.96. The van der Waals surface area contributed by atoms with Gasteiger partial charge in [0, 0.05) is 29.8 Å². The number of benzene rings is 1. The normalized spacial score (nSPS) is 10.7. The minimum atomic E-state index is 0.149. The SMILES string of the molecule is CP(C)CCO.Oc1cc2cccnc2c2ncccc12. The Morgan fingerprint density at radius 3 is 2.33 bits per heavy atom. The van der Waals surface area contributed by atoms with E-state index in [4.69, 9.17) is 5.11 Å². The Kier molecular flexibility index (Phi) is 5.43. The molecule has 4 nitrogen and oxygen atoms in total. The first-order valence-corrected chi connectivity index (χ1v) is 9.12. The van der Waals surface area contributed by atoms with E-state index in [1.807, 2.05) is 18.2 Å². The van der Waals surface area contributed by atoms with E-state index < -0.39 is 0 Å². The fourth-order valence-corrected chi connectivity index (χ4v) is 2.36. The second-order valence-electron chi connectivity index (χ2n) is 4.90. The fraction of sp³-hybridized carbons (Fsp3) is 0.250. The second kappa shape index (κ2) is 7.30. The van der Waals surface area contributed by atoms with E-state index >= 15 is 0 Å². The molecule has 2 aromatic heterocycles. The number of fused-ring (bicyclic) bond motifs is 3. The van der Waals surface area contributed by atoms with Gasteiger partial charge in [-0.2, -0.15) is 0 Å². The van der Waals surface area contributed by atoms with Gasteiger partial charge in [-0.3, -0.25) is 9.97 Å². The van der Waals surface area contributed by atoms with E-state index in [1.54, 1.807) is 24.5 Å². The molecular weight excluding hydrogens is 283 g/mol. The zero-order chi connectivity index (χ0) is 15.2. The molecule has 1 aromatic carbocycles. The molecule has 0 radical (unpaired) electrons. The van der Waals surface area contributed by atoms with Gasteiger partial charge in [-0.1, -0.05) is 6.07 Å². The van der Waals surface area contributed by atoms with Crippen LogP contribution < -0.4 is 0 Å². The lowest BCUT2D eigenvalue weighted by molar-refractivity contribution is 0.321. The van der Waals surface area contributed by atoms with Crippen molar-refractivity contribution in [2.24, 2.45) is 0 Å². The first-order chi connectivity index (χ1) is 10.1. The Balaban J connectivity index is 0.000000232. The van der Waals surface area contributed by atoms with Gasteiger partial charge in [-0.05, 0) is 43.8 Å². The lowest BCUT2D eigenvalue weighted by Crippen LogP contribution is -1.85. The highest BCUT2D eigenvalue weighted by Gasteiger charge is 2.06. The third-order valence-corrected chi connectivity index (χ3v) is 4.08. The van der Waals surface area contributed by atoms with Crippen molar-refractivity contribution in [1.82, 2.24) is 9.97 Å². The highest BCUT2D eigenvalue weighted by atomic mass is 31.1. The van der Waals surface area contributed by atoms with Crippen LogP contribution in [0.5, 0.6) is 5.75 Å². The number of rotatable bonds is 2. The van der Waals surface area contributed by atoms with Crippen LogP contribution in [-0.4, -0.2) is 46.3 Å². The van der Waals surface area contributed by atoms with Crippen LogP contribution in [0.2, 0.25) is 0 Å². The lowest BCUT2D eigenvalue weighted by atomic mass is 10.1. The first kappa shape index (κ1) is 15.6. The highest BCUT2D eigenvalue weighted by molar-refractivity contribution is 7.55. The summed E-state index contributed by atoms with van der Waals surface area (Å²) in [5.74, 6) is 0.249. The molecule has 0 bridgehead atoms. The van der Waals surface area contributed by atoms with Crippen LogP contribution >= 0.6 is 7.92 Å². The third-order valence-electron chi connectivity index (χ3n) is 2.99. The van der Waals surface area contributed by atoms with Crippen LogP contribution in [0.15, 0.2) is 42.7 Å². The van der Waals surface area contributed by atoms with Gasteiger partial charge in [0.25, 0.3) is 0 Å². The molecule has 0 aliphatic rings. The Labute approximate surface area is 125 Å². The van der Waals surface area contributed by atoms with E-state index in [1.165, 1.54) is 0 Å². The minimum absolute atomic E-state index is 0.149. The Morgan fingerprint density at radius 2 is 1.71 bits per heavy atom. The number of aliphatic hydroxyl groups is 1. The van der Waals surface area contributed by atoms with E-state index in [0.717, 1.165) is 28.0 Å². The van der Waals surface area contributed by atoms with Gasteiger partial charge in [0.15, 0.2) is 0 Å². The van der Waals surface area contributed by atoms with Crippen LogP contribution in [0.4, 0.5) is 0 Å². The summed E-state index contributed by atoms with van der Waals surface area (Å²) in [6, 6.07) is 9.11. The summed E-state index contributed by atoms with van der Waals surface area (Å²) >= 11 is 0. The van der Waals surface area contributed by atoms with Crippen molar-refractivity contribution in [3.63, 3.8) is 0 Å². The third kappa shape index (κ3) is 3.87. The van der Waals surface area contributed by atoms with Gasteiger partial charge in [-0.15, -0.1) is 7.92 Å². The van der Waals surface area contributed by atoms with Crippen LogP contribution in [0.25, 0.3) is 21.8 Å². The predicted octanol–water partition coefficient (Wildman–Crippen LogP) is 3.21. The average molecular weight is 302 g/mol. The standard InChI is InChI=1S/C12H8N2O.C4H11OP/c15-10-7-8-3-1-5-13-11(8)12-9(10)4-2-6-14-12;1-6(2)4-3-5/h1-7,15H;5H,3-4H2,1-2H3. The van der Waals surface area contributed by atoms with Gasteiger partial charge in [0.1, 0.15) is 11.3 Å². The number of aromatic nitrogens is 2. The molecule has 2 heterocycles. The Bertz CT molecular complexity index is 732. The van der Waals surface area contributed by atoms with Crippen molar-refractivity contribution in [3.8, 4) is 5.75 Å². The van der Waals surface area contributed by atoms with Crippen molar-refractivity contribution >= 4 is 29.7 Å². The molecule has 21 heavy (non-hydrogen) atoms. The van der Waals surface area contributed by atoms with Crippen LogP contribution in [0, 0.1) is 0 Å². The van der Waals surface area contributed by atoms with Gasteiger partial charge in [-0.25, -0.2) is 0 Å². The summed E-state index contributed by atoms with van der Waals surface area (Å²) in [7, 11) is 0.149. The number of hydrogen-bond donors (Lipinski definition) is 2. The number of nitrogens with zero attached hydrogens (tertiary/aromatic N) is 2. The minimum Gasteiger partial charge on any atom is -0.507 e. The van der Waals surface area contributed by atoms with E-state index in [-0.39, 0.29) is 13.7 Å². The quantitative estimate of drug-likeness (QED) is 0.563. The van der Waals surface area contributed by atoms with Gasteiger partial charge >= 0.3 is 0 Å². The van der Waals surface area contributed by atoms with Crippen LogP contribution in [0.3, 0.4) is 0 Å². The summed E-state index contributed by atoms with van der Waals surface area (Å²) < 4.78 is 0. The molecule has 5 heteroatoms. The molecule has 0 saturated carbocycles. The van der Waals surface area contributed by atoms with Gasteiger partial charge < -0.3 is 10.2 Å². The maximum atomic E-state index is 9.80. The largest absolute Gasteiger partial charge is 0.507 e. The molecule has 0 saturated heterocycles. The van der Waals surface area contributed by atoms with Gasteiger partial charge in [0.2, 0.25) is 0 Å². The number of phenolic OH excluding ortho intramolecular Hbond substituents is 1. The average Bonchev–Trinajstić information content (AvgIpc) is 2.48. The number of aliphatic hydroxyl groups excluding tert-OH is 1. The van der Waals surface area contributed by atoms with Crippen molar-refractivity contribution in [2.45, 2.75) is 0 Å². The molecule has 0 unspecified atom stereocenters. The van der Waals surface area contributed by atoms with Crippen LogP contribution in [0.1, 0.15) is 0 Å². The highest BCUT2D eigenvalue weighted by Crippen LogP contribution is 2.29. The molecule has 0 spiro atoms. The van der Waals surface area contributed by atoms with E-state index in [2.05, 4.69) is 23.3 Å². The monoisotopic (exact) mass is 302 g/mol. The maximum Gasteiger partial charge on any atom is 0.125 e. The van der Waals surface area contributed by atoms with E-state index in [0.29, 0.717) is 6.61 Å². The van der Waals surface area contributed by atoms with E-state index in [9.17, 15) is 5.11 Å². The maximum absolute atomic E-state index is 9.80. The summed E-state index contributed by atoms with van der Waals surface area (Å²) in [4.78, 5) is 8.52. The molecule has 0 aliphatic heterocycles. The summed E-state index contributed by atoms with van der Waals surface area (Å²) in [5, 5.41) is 19.7. The van der Waals surface area contributed by atoms with Gasteiger partial charge in [0.05, 0.1) is 5.52 Å². The molecule has 0 aliphatic carbocycles. The topological polar surface area (TPSA) is 66.2 Å². The summed E-state index contributed by atoms with van der Waals surface area (Å²) in [6.45, 7) is 4.68. The van der Waals surface area contributed by atoms with Crippen molar-refractivity contribution in [3.05, 3.63) is 42.7 Å². The van der Waals surface area contributed by atoms with Crippen molar-refractivity contribution in [1.29, 1.82) is 0 Å².